The molecule has 104 valence electrons. The lowest BCUT2D eigenvalue weighted by atomic mass is 10.2. The van der Waals surface area contributed by atoms with Crippen LogP contribution in [0.4, 0.5) is 11.4 Å². The van der Waals surface area contributed by atoms with E-state index in [1.807, 2.05) is 17.2 Å². The number of hydroxylamine groups is 2. The van der Waals surface area contributed by atoms with Crippen LogP contribution in [0.15, 0.2) is 24.3 Å². The summed E-state index contributed by atoms with van der Waals surface area (Å²) in [6.45, 7) is 2.57. The van der Waals surface area contributed by atoms with Gasteiger partial charge in [-0.3, -0.25) is 9.63 Å². The first-order valence-corrected chi connectivity index (χ1v) is 6.78. The quantitative estimate of drug-likeness (QED) is 0.797. The van der Waals surface area contributed by atoms with Gasteiger partial charge in [0.1, 0.15) is 0 Å². The smallest absolute Gasteiger partial charge is 0.224 e. The number of nitrogens with one attached hydrogen (secondary N) is 1. The van der Waals surface area contributed by atoms with Crippen LogP contribution < -0.4 is 11.1 Å². The summed E-state index contributed by atoms with van der Waals surface area (Å²) in [6.07, 6.45) is 3.57. The van der Waals surface area contributed by atoms with Crippen LogP contribution in [0.1, 0.15) is 25.7 Å². The molecule has 1 amide bonds. The SMILES string of the molecule is Nc1ccccc1NC(=O)CCCN1CCCCO1. The summed E-state index contributed by atoms with van der Waals surface area (Å²) < 4.78 is 0. The minimum Gasteiger partial charge on any atom is -0.397 e. The Labute approximate surface area is 113 Å². The van der Waals surface area contributed by atoms with Crippen LogP contribution in [0.25, 0.3) is 0 Å². The van der Waals surface area contributed by atoms with Crippen LogP contribution in [-0.4, -0.2) is 30.7 Å². The molecule has 1 fully saturated rings. The molecule has 0 spiro atoms. The van der Waals surface area contributed by atoms with Crippen molar-refractivity contribution in [3.63, 3.8) is 0 Å². The highest BCUT2D eigenvalue weighted by molar-refractivity contribution is 5.93. The van der Waals surface area contributed by atoms with Gasteiger partial charge >= 0.3 is 0 Å². The normalized spacial score (nSPS) is 16.2. The fourth-order valence-corrected chi connectivity index (χ4v) is 2.06. The molecule has 0 aliphatic carbocycles. The minimum atomic E-state index is -0.00471. The number of anilines is 2. The topological polar surface area (TPSA) is 67.6 Å². The standard InChI is InChI=1S/C14H21N3O2/c15-12-6-1-2-7-13(12)16-14(18)8-5-10-17-9-3-4-11-19-17/h1-2,6-7H,3-5,8-11,15H2,(H,16,18). The molecule has 5 heteroatoms. The van der Waals surface area contributed by atoms with Gasteiger partial charge in [0.25, 0.3) is 0 Å². The van der Waals surface area contributed by atoms with Crippen molar-refractivity contribution in [2.45, 2.75) is 25.7 Å². The summed E-state index contributed by atoms with van der Waals surface area (Å²) in [5.41, 5.74) is 7.05. The zero-order valence-corrected chi connectivity index (χ0v) is 11.1. The van der Waals surface area contributed by atoms with Gasteiger partial charge in [0.2, 0.25) is 5.91 Å². The van der Waals surface area contributed by atoms with E-state index in [9.17, 15) is 4.79 Å². The third-order valence-corrected chi connectivity index (χ3v) is 3.12. The number of nitrogens with two attached hydrogens (primary N) is 1. The fourth-order valence-electron chi connectivity index (χ4n) is 2.06. The fraction of sp³-hybridized carbons (Fsp3) is 0.500. The number of carbonyl (C=O) groups is 1. The van der Waals surface area contributed by atoms with Gasteiger partial charge < -0.3 is 11.1 Å². The number of para-hydroxylation sites is 2. The summed E-state index contributed by atoms with van der Waals surface area (Å²) in [7, 11) is 0. The van der Waals surface area contributed by atoms with E-state index in [1.54, 1.807) is 12.1 Å². The molecule has 3 N–H and O–H groups in total. The average molecular weight is 263 g/mol. The van der Waals surface area contributed by atoms with Gasteiger partial charge in [0.15, 0.2) is 0 Å². The van der Waals surface area contributed by atoms with Crippen molar-refractivity contribution < 1.29 is 9.63 Å². The van der Waals surface area contributed by atoms with E-state index in [-0.39, 0.29) is 5.91 Å². The van der Waals surface area contributed by atoms with E-state index in [1.165, 1.54) is 6.42 Å². The van der Waals surface area contributed by atoms with Crippen LogP contribution in [0.5, 0.6) is 0 Å². The number of carbonyl (C=O) groups excluding carboxylic acids is 1. The van der Waals surface area contributed by atoms with E-state index >= 15 is 0 Å². The molecule has 0 radical (unpaired) electrons. The monoisotopic (exact) mass is 263 g/mol. The number of hydrogen-bond acceptors (Lipinski definition) is 4. The molecule has 1 aromatic carbocycles. The maximum Gasteiger partial charge on any atom is 0.224 e. The number of benzene rings is 1. The maximum atomic E-state index is 11.8. The van der Waals surface area contributed by atoms with Crippen LogP contribution in [-0.2, 0) is 9.63 Å². The predicted molar refractivity (Wildman–Crippen MR) is 75.5 cm³/mol. The summed E-state index contributed by atoms with van der Waals surface area (Å²) in [4.78, 5) is 17.3. The van der Waals surface area contributed by atoms with Crippen molar-refractivity contribution in [1.29, 1.82) is 0 Å². The van der Waals surface area contributed by atoms with Gasteiger partial charge in [-0.15, -0.1) is 0 Å². The Bertz CT molecular complexity index is 417. The lowest BCUT2D eigenvalue weighted by molar-refractivity contribution is -0.180. The molecule has 1 aromatic rings. The van der Waals surface area contributed by atoms with Gasteiger partial charge in [0, 0.05) is 19.5 Å². The average Bonchev–Trinajstić information content (AvgIpc) is 2.43. The van der Waals surface area contributed by atoms with E-state index in [0.717, 1.165) is 32.5 Å². The Hall–Kier alpha value is -1.59. The Morgan fingerprint density at radius 3 is 2.95 bits per heavy atom. The van der Waals surface area contributed by atoms with Crippen LogP contribution >= 0.6 is 0 Å². The summed E-state index contributed by atoms with van der Waals surface area (Å²) in [5.74, 6) is -0.00471. The summed E-state index contributed by atoms with van der Waals surface area (Å²) >= 11 is 0. The molecule has 0 atom stereocenters. The largest absolute Gasteiger partial charge is 0.397 e. The predicted octanol–water partition coefficient (Wildman–Crippen LogP) is 2.01. The van der Waals surface area contributed by atoms with Crippen molar-refractivity contribution in [2.75, 3.05) is 30.7 Å². The molecule has 0 unspecified atom stereocenters. The number of hydrogen-bond donors (Lipinski definition) is 2. The van der Waals surface area contributed by atoms with Crippen molar-refractivity contribution in [3.05, 3.63) is 24.3 Å². The van der Waals surface area contributed by atoms with Crippen molar-refractivity contribution in [2.24, 2.45) is 0 Å². The highest BCUT2D eigenvalue weighted by Gasteiger charge is 2.11. The van der Waals surface area contributed by atoms with Gasteiger partial charge in [-0.25, -0.2) is 0 Å². The Morgan fingerprint density at radius 1 is 1.37 bits per heavy atom. The number of nitrogen functional groups attached to an aromatic ring is 1. The molecule has 1 heterocycles. The lowest BCUT2D eigenvalue weighted by Crippen LogP contribution is -2.31. The molecule has 1 aliphatic heterocycles. The van der Waals surface area contributed by atoms with Crippen molar-refractivity contribution in [1.82, 2.24) is 5.06 Å². The summed E-state index contributed by atoms with van der Waals surface area (Å²) in [6, 6.07) is 7.28. The van der Waals surface area contributed by atoms with Gasteiger partial charge in [-0.2, -0.15) is 5.06 Å². The molecule has 1 aliphatic rings. The highest BCUT2D eigenvalue weighted by Crippen LogP contribution is 2.17. The number of nitrogens with zero attached hydrogens (tertiary/aromatic N) is 1. The van der Waals surface area contributed by atoms with Crippen LogP contribution in [0, 0.1) is 0 Å². The van der Waals surface area contributed by atoms with Gasteiger partial charge in [-0.05, 0) is 31.4 Å². The second kappa shape index (κ2) is 7.11. The molecule has 2 rings (SSSR count). The second-order valence-electron chi connectivity index (χ2n) is 4.71. The lowest BCUT2D eigenvalue weighted by Gasteiger charge is -2.25. The number of rotatable bonds is 5. The molecule has 5 nitrogen and oxygen atoms in total. The number of amides is 1. The van der Waals surface area contributed by atoms with E-state index < -0.39 is 0 Å². The first-order chi connectivity index (χ1) is 9.25. The van der Waals surface area contributed by atoms with Crippen LogP contribution in [0.3, 0.4) is 0 Å². The molecule has 0 saturated carbocycles. The maximum absolute atomic E-state index is 11.8. The second-order valence-corrected chi connectivity index (χ2v) is 4.71. The Morgan fingerprint density at radius 2 is 2.21 bits per heavy atom. The Kier molecular flexibility index (Phi) is 5.18. The molecule has 19 heavy (non-hydrogen) atoms. The zero-order valence-electron chi connectivity index (χ0n) is 11.1. The van der Waals surface area contributed by atoms with E-state index in [2.05, 4.69) is 5.32 Å². The molecule has 0 aromatic heterocycles. The first-order valence-electron chi connectivity index (χ1n) is 6.78. The minimum absolute atomic E-state index is 0.00471. The Balaban J connectivity index is 1.68. The van der Waals surface area contributed by atoms with Crippen molar-refractivity contribution >= 4 is 17.3 Å². The third kappa shape index (κ3) is 4.54. The van der Waals surface area contributed by atoms with Gasteiger partial charge in [0.05, 0.1) is 18.0 Å². The molecule has 0 bridgehead atoms. The van der Waals surface area contributed by atoms with Gasteiger partial charge in [-0.1, -0.05) is 12.1 Å². The van der Waals surface area contributed by atoms with Crippen LogP contribution in [0.2, 0.25) is 0 Å². The summed E-state index contributed by atoms with van der Waals surface area (Å²) in [5, 5.41) is 4.78. The highest BCUT2D eigenvalue weighted by atomic mass is 16.7. The van der Waals surface area contributed by atoms with E-state index in [0.29, 0.717) is 17.8 Å². The van der Waals surface area contributed by atoms with E-state index in [4.69, 9.17) is 10.6 Å². The van der Waals surface area contributed by atoms with Crippen molar-refractivity contribution in [3.8, 4) is 0 Å². The first kappa shape index (κ1) is 13.8. The molecule has 1 saturated heterocycles. The molecular weight excluding hydrogens is 242 g/mol. The molecular formula is C14H21N3O2. The third-order valence-electron chi connectivity index (χ3n) is 3.12. The zero-order chi connectivity index (χ0) is 13.5.